The van der Waals surface area contributed by atoms with Crippen LogP contribution in [0.2, 0.25) is 0 Å². The standard InChI is InChI=1S/C16H13FN2O3/c1-20-13-7-11(8-14(9-13)21-2)16-19-18-15(22-16)10-3-5-12(17)6-4-10/h3-9H,1-2H3. The van der Waals surface area contributed by atoms with Gasteiger partial charge in [-0.15, -0.1) is 10.2 Å². The summed E-state index contributed by atoms with van der Waals surface area (Å²) in [5, 5.41) is 8.00. The van der Waals surface area contributed by atoms with Crippen molar-refractivity contribution in [1.82, 2.24) is 10.2 Å². The summed E-state index contributed by atoms with van der Waals surface area (Å²) in [6.07, 6.45) is 0. The molecule has 0 spiro atoms. The number of ether oxygens (including phenoxy) is 2. The predicted molar refractivity (Wildman–Crippen MR) is 78.2 cm³/mol. The maximum Gasteiger partial charge on any atom is 0.248 e. The molecule has 0 saturated carbocycles. The van der Waals surface area contributed by atoms with Gasteiger partial charge < -0.3 is 13.9 Å². The third kappa shape index (κ3) is 2.76. The number of methoxy groups -OCH3 is 2. The molecule has 0 fully saturated rings. The lowest BCUT2D eigenvalue weighted by atomic mass is 10.2. The predicted octanol–water partition coefficient (Wildman–Crippen LogP) is 3.56. The maximum absolute atomic E-state index is 12.9. The average Bonchev–Trinajstić information content (AvgIpc) is 3.05. The summed E-state index contributed by atoms with van der Waals surface area (Å²) in [6.45, 7) is 0. The van der Waals surface area contributed by atoms with Gasteiger partial charge in [0.1, 0.15) is 17.3 Å². The highest BCUT2D eigenvalue weighted by Gasteiger charge is 2.13. The van der Waals surface area contributed by atoms with Gasteiger partial charge >= 0.3 is 0 Å². The van der Waals surface area contributed by atoms with E-state index in [0.717, 1.165) is 0 Å². The summed E-state index contributed by atoms with van der Waals surface area (Å²) in [6, 6.07) is 11.1. The Bertz CT molecular complexity index is 762. The van der Waals surface area contributed by atoms with E-state index in [9.17, 15) is 4.39 Å². The fraction of sp³-hybridized carbons (Fsp3) is 0.125. The molecule has 3 rings (SSSR count). The SMILES string of the molecule is COc1cc(OC)cc(-c2nnc(-c3ccc(F)cc3)o2)c1. The highest BCUT2D eigenvalue weighted by molar-refractivity contribution is 5.61. The molecule has 1 heterocycles. The molecule has 0 aliphatic carbocycles. The van der Waals surface area contributed by atoms with Crippen molar-refractivity contribution >= 4 is 0 Å². The Balaban J connectivity index is 1.98. The van der Waals surface area contributed by atoms with Crippen LogP contribution in [0, 0.1) is 5.82 Å². The third-order valence-corrected chi connectivity index (χ3v) is 3.11. The number of aromatic nitrogens is 2. The van der Waals surface area contributed by atoms with Crippen LogP contribution in [0.4, 0.5) is 4.39 Å². The van der Waals surface area contributed by atoms with Crippen molar-refractivity contribution in [2.75, 3.05) is 14.2 Å². The summed E-state index contributed by atoms with van der Waals surface area (Å²) in [5.74, 6) is 1.57. The van der Waals surface area contributed by atoms with Gasteiger partial charge in [0.25, 0.3) is 0 Å². The lowest BCUT2D eigenvalue weighted by molar-refractivity contribution is 0.394. The quantitative estimate of drug-likeness (QED) is 0.737. The van der Waals surface area contributed by atoms with Crippen molar-refractivity contribution in [3.05, 3.63) is 48.3 Å². The third-order valence-electron chi connectivity index (χ3n) is 3.11. The second kappa shape index (κ2) is 5.85. The minimum atomic E-state index is -0.318. The molecule has 112 valence electrons. The van der Waals surface area contributed by atoms with Crippen LogP contribution in [-0.2, 0) is 0 Å². The van der Waals surface area contributed by atoms with Crippen LogP contribution in [0.25, 0.3) is 22.9 Å². The monoisotopic (exact) mass is 300 g/mol. The van der Waals surface area contributed by atoms with E-state index in [1.165, 1.54) is 12.1 Å². The van der Waals surface area contributed by atoms with Crippen LogP contribution in [0.5, 0.6) is 11.5 Å². The normalized spacial score (nSPS) is 10.5. The molecular formula is C16H13FN2O3. The first-order valence-corrected chi connectivity index (χ1v) is 6.52. The van der Waals surface area contributed by atoms with E-state index in [1.807, 2.05) is 0 Å². The first-order chi connectivity index (χ1) is 10.7. The number of hydrogen-bond acceptors (Lipinski definition) is 5. The van der Waals surface area contributed by atoms with Crippen molar-refractivity contribution < 1.29 is 18.3 Å². The molecule has 0 aliphatic heterocycles. The largest absolute Gasteiger partial charge is 0.497 e. The van der Waals surface area contributed by atoms with Crippen molar-refractivity contribution in [3.63, 3.8) is 0 Å². The van der Waals surface area contributed by atoms with Crippen LogP contribution >= 0.6 is 0 Å². The van der Waals surface area contributed by atoms with E-state index in [1.54, 1.807) is 44.6 Å². The molecule has 0 unspecified atom stereocenters. The van der Waals surface area contributed by atoms with Crippen LogP contribution in [-0.4, -0.2) is 24.4 Å². The van der Waals surface area contributed by atoms with E-state index in [-0.39, 0.29) is 5.82 Å². The van der Waals surface area contributed by atoms with E-state index >= 15 is 0 Å². The Hall–Kier alpha value is -2.89. The molecular weight excluding hydrogens is 287 g/mol. The Morgan fingerprint density at radius 1 is 0.818 bits per heavy atom. The van der Waals surface area contributed by atoms with E-state index in [0.29, 0.717) is 34.4 Å². The minimum Gasteiger partial charge on any atom is -0.497 e. The second-order valence-electron chi connectivity index (χ2n) is 4.52. The van der Waals surface area contributed by atoms with E-state index in [4.69, 9.17) is 13.9 Å². The molecule has 0 saturated heterocycles. The van der Waals surface area contributed by atoms with E-state index in [2.05, 4.69) is 10.2 Å². The fourth-order valence-electron chi connectivity index (χ4n) is 1.98. The zero-order valence-corrected chi connectivity index (χ0v) is 12.0. The molecule has 0 atom stereocenters. The maximum atomic E-state index is 12.9. The van der Waals surface area contributed by atoms with Crippen LogP contribution in [0.1, 0.15) is 0 Å². The topological polar surface area (TPSA) is 57.4 Å². The molecule has 6 heteroatoms. The van der Waals surface area contributed by atoms with Crippen LogP contribution in [0.3, 0.4) is 0 Å². The molecule has 0 radical (unpaired) electrons. The highest BCUT2D eigenvalue weighted by Crippen LogP contribution is 2.30. The van der Waals surface area contributed by atoms with Crippen LogP contribution in [0.15, 0.2) is 46.9 Å². The number of rotatable bonds is 4. The number of nitrogens with zero attached hydrogens (tertiary/aromatic N) is 2. The van der Waals surface area contributed by atoms with Crippen LogP contribution < -0.4 is 9.47 Å². The second-order valence-corrected chi connectivity index (χ2v) is 4.52. The Morgan fingerprint density at radius 3 is 1.91 bits per heavy atom. The van der Waals surface area contributed by atoms with Gasteiger partial charge in [-0.2, -0.15) is 0 Å². The lowest BCUT2D eigenvalue weighted by Gasteiger charge is -2.05. The van der Waals surface area contributed by atoms with Crippen molar-refractivity contribution in [2.45, 2.75) is 0 Å². The summed E-state index contributed by atoms with van der Waals surface area (Å²) in [4.78, 5) is 0. The van der Waals surface area contributed by atoms with Crippen molar-refractivity contribution in [3.8, 4) is 34.4 Å². The molecule has 22 heavy (non-hydrogen) atoms. The molecule has 0 bridgehead atoms. The summed E-state index contributed by atoms with van der Waals surface area (Å²) in [5.41, 5.74) is 1.33. The molecule has 0 amide bonds. The van der Waals surface area contributed by atoms with Gasteiger partial charge in [-0.05, 0) is 36.4 Å². The number of halogens is 1. The Kier molecular flexibility index (Phi) is 3.74. The zero-order chi connectivity index (χ0) is 15.5. The molecule has 2 aromatic carbocycles. The minimum absolute atomic E-state index is 0.316. The number of hydrogen-bond donors (Lipinski definition) is 0. The van der Waals surface area contributed by atoms with Gasteiger partial charge in [0, 0.05) is 17.2 Å². The summed E-state index contributed by atoms with van der Waals surface area (Å²) >= 11 is 0. The first-order valence-electron chi connectivity index (χ1n) is 6.52. The van der Waals surface area contributed by atoms with Gasteiger partial charge in [-0.1, -0.05) is 0 Å². The molecule has 0 aliphatic rings. The molecule has 0 N–H and O–H groups in total. The van der Waals surface area contributed by atoms with Gasteiger partial charge in [0.2, 0.25) is 11.8 Å². The first kappa shape index (κ1) is 14.1. The average molecular weight is 300 g/mol. The highest BCUT2D eigenvalue weighted by atomic mass is 19.1. The number of benzene rings is 2. The molecule has 3 aromatic rings. The summed E-state index contributed by atoms with van der Waals surface area (Å²) in [7, 11) is 3.13. The summed E-state index contributed by atoms with van der Waals surface area (Å²) < 4.78 is 29.0. The van der Waals surface area contributed by atoms with Gasteiger partial charge in [0.15, 0.2) is 0 Å². The molecule has 1 aromatic heterocycles. The smallest absolute Gasteiger partial charge is 0.248 e. The lowest BCUT2D eigenvalue weighted by Crippen LogP contribution is -1.88. The zero-order valence-electron chi connectivity index (χ0n) is 12.0. The van der Waals surface area contributed by atoms with Crippen molar-refractivity contribution in [2.24, 2.45) is 0 Å². The Labute approximate surface area is 126 Å². The van der Waals surface area contributed by atoms with Gasteiger partial charge in [-0.25, -0.2) is 4.39 Å². The fourth-order valence-corrected chi connectivity index (χ4v) is 1.98. The van der Waals surface area contributed by atoms with E-state index < -0.39 is 0 Å². The van der Waals surface area contributed by atoms with Crippen molar-refractivity contribution in [1.29, 1.82) is 0 Å². The molecule has 5 nitrogen and oxygen atoms in total. The van der Waals surface area contributed by atoms with Gasteiger partial charge in [0.05, 0.1) is 14.2 Å². The van der Waals surface area contributed by atoms with Gasteiger partial charge in [-0.3, -0.25) is 0 Å². The Morgan fingerprint density at radius 2 is 1.36 bits per heavy atom.